The molecule has 0 atom stereocenters. The van der Waals surface area contributed by atoms with E-state index in [0.29, 0.717) is 27.9 Å². The molecule has 0 aliphatic heterocycles. The van der Waals surface area contributed by atoms with Crippen LogP contribution in [-0.4, -0.2) is 27.5 Å². The van der Waals surface area contributed by atoms with Crippen molar-refractivity contribution in [3.8, 4) is 0 Å². The molecular weight excluding hydrogens is 396 g/mol. The molecule has 1 saturated carbocycles. The first-order chi connectivity index (χ1) is 9.99. The smallest absolute Gasteiger partial charge is 0.250 e. The molecule has 2 N–H and O–H groups in total. The Labute approximate surface area is 143 Å². The van der Waals surface area contributed by atoms with Gasteiger partial charge in [-0.25, -0.2) is 13.1 Å². The van der Waals surface area contributed by atoms with Gasteiger partial charge in [-0.3, -0.25) is 0 Å². The Bertz CT molecular complexity index is 535. The normalized spacial score (nSPS) is 17.8. The van der Waals surface area contributed by atoms with E-state index in [1.807, 2.05) is 0 Å². The lowest BCUT2D eigenvalue weighted by molar-refractivity contribution is 0.461. The van der Waals surface area contributed by atoms with Gasteiger partial charge in [-0.2, -0.15) is 0 Å². The fourth-order valence-electron chi connectivity index (χ4n) is 2.48. The van der Waals surface area contributed by atoms with Crippen molar-refractivity contribution >= 4 is 48.9 Å². The van der Waals surface area contributed by atoms with Crippen molar-refractivity contribution in [1.82, 2.24) is 10.0 Å². The largest absolute Gasteiger partial charge is 0.313 e. The standard InChI is InChI=1S/C13H20BrClN2O2S2/c14-13-11(15)9-12(20-13)21(18,19)17-8-7-16-10-5-3-1-2-4-6-10/h9-10,16-17H,1-8H2. The minimum absolute atomic E-state index is 0.244. The second-order valence-corrected chi connectivity index (χ2v) is 10.00. The molecule has 0 amide bonds. The van der Waals surface area contributed by atoms with Gasteiger partial charge in [0.2, 0.25) is 10.0 Å². The van der Waals surface area contributed by atoms with Crippen molar-refractivity contribution in [2.24, 2.45) is 0 Å². The highest BCUT2D eigenvalue weighted by atomic mass is 79.9. The first-order valence-corrected chi connectivity index (χ1v) is 10.6. The van der Waals surface area contributed by atoms with Crippen LogP contribution in [0.1, 0.15) is 38.5 Å². The van der Waals surface area contributed by atoms with Gasteiger partial charge in [0.05, 0.1) is 8.81 Å². The van der Waals surface area contributed by atoms with E-state index in [9.17, 15) is 8.42 Å². The first kappa shape index (κ1) is 17.7. The minimum atomic E-state index is -3.46. The number of sulfonamides is 1. The summed E-state index contributed by atoms with van der Waals surface area (Å²) >= 11 is 10.2. The van der Waals surface area contributed by atoms with Gasteiger partial charge in [0.15, 0.2) is 0 Å². The van der Waals surface area contributed by atoms with E-state index >= 15 is 0 Å². The second kappa shape index (κ2) is 8.26. The zero-order valence-electron chi connectivity index (χ0n) is 11.7. The molecule has 1 heterocycles. The molecule has 21 heavy (non-hydrogen) atoms. The summed E-state index contributed by atoms with van der Waals surface area (Å²) in [4.78, 5) is 0. The quantitative estimate of drug-likeness (QED) is 0.549. The Balaban J connectivity index is 1.77. The summed E-state index contributed by atoms with van der Waals surface area (Å²) in [7, 11) is -3.46. The first-order valence-electron chi connectivity index (χ1n) is 7.17. The van der Waals surface area contributed by atoms with Gasteiger partial charge in [0.25, 0.3) is 0 Å². The number of thiophene rings is 1. The van der Waals surface area contributed by atoms with Crippen molar-refractivity contribution in [3.63, 3.8) is 0 Å². The van der Waals surface area contributed by atoms with E-state index < -0.39 is 10.0 Å². The molecule has 1 aromatic heterocycles. The Kier molecular flexibility index (Phi) is 6.96. The van der Waals surface area contributed by atoms with Crippen molar-refractivity contribution in [3.05, 3.63) is 14.9 Å². The fraction of sp³-hybridized carbons (Fsp3) is 0.692. The van der Waals surface area contributed by atoms with Crippen LogP contribution < -0.4 is 10.0 Å². The molecule has 0 spiro atoms. The lowest BCUT2D eigenvalue weighted by Gasteiger charge is -2.16. The number of halogens is 2. The molecule has 0 unspecified atom stereocenters. The predicted octanol–water partition coefficient (Wildman–Crippen LogP) is 3.75. The molecule has 1 aliphatic carbocycles. The maximum atomic E-state index is 12.1. The van der Waals surface area contributed by atoms with E-state index in [1.54, 1.807) is 0 Å². The molecule has 8 heteroatoms. The summed E-state index contributed by atoms with van der Waals surface area (Å²) in [5.74, 6) is 0. The Hall–Kier alpha value is 0.340. The van der Waals surface area contributed by atoms with Gasteiger partial charge < -0.3 is 5.32 Å². The van der Waals surface area contributed by atoms with Gasteiger partial charge >= 0.3 is 0 Å². The average Bonchev–Trinajstić information content (AvgIpc) is 2.67. The summed E-state index contributed by atoms with van der Waals surface area (Å²) in [6.45, 7) is 1.05. The molecule has 1 aromatic rings. The zero-order valence-corrected chi connectivity index (χ0v) is 15.7. The summed E-state index contributed by atoms with van der Waals surface area (Å²) in [6, 6.07) is 2.00. The SMILES string of the molecule is O=S(=O)(NCCNC1CCCCCC1)c1cc(Cl)c(Br)s1. The van der Waals surface area contributed by atoms with E-state index in [1.165, 1.54) is 44.6 Å². The van der Waals surface area contributed by atoms with Crippen LogP contribution in [0.3, 0.4) is 0 Å². The maximum absolute atomic E-state index is 12.1. The van der Waals surface area contributed by atoms with Gasteiger partial charge in [-0.05, 0) is 34.8 Å². The van der Waals surface area contributed by atoms with Gasteiger partial charge in [-0.15, -0.1) is 11.3 Å². The van der Waals surface area contributed by atoms with Crippen LogP contribution in [0.5, 0.6) is 0 Å². The summed E-state index contributed by atoms with van der Waals surface area (Å²) in [6.07, 6.45) is 7.56. The minimum Gasteiger partial charge on any atom is -0.313 e. The lowest BCUT2D eigenvalue weighted by atomic mass is 10.1. The third-order valence-electron chi connectivity index (χ3n) is 3.59. The van der Waals surface area contributed by atoms with Crippen LogP contribution in [0.4, 0.5) is 0 Å². The third kappa shape index (κ3) is 5.48. The van der Waals surface area contributed by atoms with E-state index in [0.717, 1.165) is 11.3 Å². The molecule has 1 fully saturated rings. The van der Waals surface area contributed by atoms with Crippen LogP contribution in [-0.2, 0) is 10.0 Å². The molecule has 0 aromatic carbocycles. The van der Waals surface area contributed by atoms with Gasteiger partial charge in [0, 0.05) is 19.1 Å². The van der Waals surface area contributed by atoms with Gasteiger partial charge in [0.1, 0.15) is 4.21 Å². The molecule has 2 rings (SSSR count). The van der Waals surface area contributed by atoms with Crippen LogP contribution in [0.25, 0.3) is 0 Å². The van der Waals surface area contributed by atoms with Crippen LogP contribution in [0.15, 0.2) is 14.1 Å². The zero-order chi connectivity index (χ0) is 15.3. The number of hydrogen-bond donors (Lipinski definition) is 2. The number of rotatable bonds is 6. The highest BCUT2D eigenvalue weighted by molar-refractivity contribution is 9.11. The Morgan fingerprint density at radius 3 is 2.48 bits per heavy atom. The van der Waals surface area contributed by atoms with E-state index in [-0.39, 0.29) is 4.21 Å². The number of hydrogen-bond acceptors (Lipinski definition) is 4. The Morgan fingerprint density at radius 2 is 1.90 bits per heavy atom. The van der Waals surface area contributed by atoms with Crippen LogP contribution in [0, 0.1) is 0 Å². The molecule has 120 valence electrons. The second-order valence-electron chi connectivity index (χ2n) is 5.23. The van der Waals surface area contributed by atoms with Gasteiger partial charge in [-0.1, -0.05) is 37.3 Å². The molecule has 0 radical (unpaired) electrons. The molecular formula is C13H20BrClN2O2S2. The maximum Gasteiger partial charge on any atom is 0.250 e. The fourth-order valence-corrected chi connectivity index (χ4v) is 5.95. The monoisotopic (exact) mass is 414 g/mol. The summed E-state index contributed by atoms with van der Waals surface area (Å²) in [5, 5.41) is 3.87. The molecule has 4 nitrogen and oxygen atoms in total. The summed E-state index contributed by atoms with van der Waals surface area (Å²) < 4.78 is 27.7. The van der Waals surface area contributed by atoms with Crippen LogP contribution in [0.2, 0.25) is 5.02 Å². The Morgan fingerprint density at radius 1 is 1.24 bits per heavy atom. The average molecular weight is 416 g/mol. The predicted molar refractivity (Wildman–Crippen MR) is 91.7 cm³/mol. The van der Waals surface area contributed by atoms with Crippen LogP contribution >= 0.6 is 38.9 Å². The number of nitrogens with one attached hydrogen (secondary N) is 2. The lowest BCUT2D eigenvalue weighted by Crippen LogP contribution is -2.36. The van der Waals surface area contributed by atoms with E-state index in [4.69, 9.17) is 11.6 Å². The van der Waals surface area contributed by atoms with Crippen molar-refractivity contribution in [1.29, 1.82) is 0 Å². The summed E-state index contributed by atoms with van der Waals surface area (Å²) in [5.41, 5.74) is 0. The van der Waals surface area contributed by atoms with Crippen molar-refractivity contribution < 1.29 is 8.42 Å². The third-order valence-corrected chi connectivity index (χ3v) is 8.00. The molecule has 1 aliphatic rings. The highest BCUT2D eigenvalue weighted by Gasteiger charge is 2.18. The van der Waals surface area contributed by atoms with Crippen molar-refractivity contribution in [2.75, 3.05) is 13.1 Å². The van der Waals surface area contributed by atoms with E-state index in [2.05, 4.69) is 26.0 Å². The molecule has 0 saturated heterocycles. The highest BCUT2D eigenvalue weighted by Crippen LogP contribution is 2.34. The topological polar surface area (TPSA) is 58.2 Å². The van der Waals surface area contributed by atoms with Crippen molar-refractivity contribution in [2.45, 2.75) is 48.8 Å². The molecule has 0 bridgehead atoms.